The fourth-order valence-electron chi connectivity index (χ4n) is 2.01. The highest BCUT2D eigenvalue weighted by Crippen LogP contribution is 2.26. The molecule has 0 aliphatic carbocycles. The van der Waals surface area contributed by atoms with Crippen LogP contribution in [0.1, 0.15) is 23.6 Å². The number of nitrogens with one attached hydrogen (secondary N) is 1. The van der Waals surface area contributed by atoms with Crippen LogP contribution in [-0.4, -0.2) is 7.05 Å². The van der Waals surface area contributed by atoms with Crippen molar-refractivity contribution in [2.45, 2.75) is 26.5 Å². The average molecular weight is 334 g/mol. The molecule has 0 radical (unpaired) electrons. The summed E-state index contributed by atoms with van der Waals surface area (Å²) in [6.07, 6.45) is 1.07. The predicted molar refractivity (Wildman–Crippen MR) is 87.1 cm³/mol. The smallest absolute Gasteiger partial charge is 0.134 e. The van der Waals surface area contributed by atoms with Gasteiger partial charge in [-0.3, -0.25) is 0 Å². The van der Waals surface area contributed by atoms with Gasteiger partial charge in [-0.05, 0) is 58.2 Å². The Balaban J connectivity index is 1.99. The van der Waals surface area contributed by atoms with Crippen LogP contribution in [0.5, 0.6) is 5.75 Å². The van der Waals surface area contributed by atoms with Gasteiger partial charge in [0.05, 0.1) is 4.47 Å². The summed E-state index contributed by atoms with van der Waals surface area (Å²) in [7, 11) is 1.94. The number of rotatable bonds is 6. The molecule has 0 spiro atoms. The van der Waals surface area contributed by atoms with E-state index in [0.29, 0.717) is 6.61 Å². The molecule has 106 valence electrons. The average Bonchev–Trinajstić information content (AvgIpc) is 2.47. The van der Waals surface area contributed by atoms with Crippen LogP contribution in [0.4, 0.5) is 0 Å². The van der Waals surface area contributed by atoms with Gasteiger partial charge in [-0.2, -0.15) is 0 Å². The lowest BCUT2D eigenvalue weighted by atomic mass is 10.1. The van der Waals surface area contributed by atoms with Gasteiger partial charge in [0.15, 0.2) is 0 Å². The van der Waals surface area contributed by atoms with Gasteiger partial charge in [-0.1, -0.05) is 37.3 Å². The van der Waals surface area contributed by atoms with Gasteiger partial charge in [0.2, 0.25) is 0 Å². The maximum Gasteiger partial charge on any atom is 0.134 e. The van der Waals surface area contributed by atoms with Gasteiger partial charge in [0.1, 0.15) is 12.4 Å². The first-order chi connectivity index (χ1) is 9.72. The molecule has 20 heavy (non-hydrogen) atoms. The zero-order valence-electron chi connectivity index (χ0n) is 11.9. The summed E-state index contributed by atoms with van der Waals surface area (Å²) < 4.78 is 6.86. The molecule has 0 aliphatic rings. The number of aryl methyl sites for hydroxylation is 1. The Bertz CT molecular complexity index is 551. The molecule has 3 heteroatoms. The second kappa shape index (κ2) is 7.46. The van der Waals surface area contributed by atoms with E-state index in [0.717, 1.165) is 23.2 Å². The van der Waals surface area contributed by atoms with E-state index in [-0.39, 0.29) is 0 Å². The van der Waals surface area contributed by atoms with Gasteiger partial charge in [0, 0.05) is 6.54 Å². The molecule has 0 saturated carbocycles. The third kappa shape index (κ3) is 4.09. The van der Waals surface area contributed by atoms with Gasteiger partial charge >= 0.3 is 0 Å². The Hall–Kier alpha value is -1.32. The molecule has 0 unspecified atom stereocenters. The summed E-state index contributed by atoms with van der Waals surface area (Å²) >= 11 is 3.56. The summed E-state index contributed by atoms with van der Waals surface area (Å²) in [6.45, 7) is 3.61. The minimum Gasteiger partial charge on any atom is -0.488 e. The number of benzene rings is 2. The standard InChI is InChI=1S/C17H20BrNO/c1-3-13-4-6-14(7-5-13)12-20-17-9-8-15(11-19-2)10-16(17)18/h4-10,19H,3,11-12H2,1-2H3. The van der Waals surface area contributed by atoms with Crippen LogP contribution in [0.15, 0.2) is 46.9 Å². The largest absolute Gasteiger partial charge is 0.488 e. The van der Waals surface area contributed by atoms with Crippen LogP contribution >= 0.6 is 15.9 Å². The van der Waals surface area contributed by atoms with Crippen molar-refractivity contribution in [3.8, 4) is 5.75 Å². The molecule has 0 aliphatic heterocycles. The van der Waals surface area contributed by atoms with Gasteiger partial charge in [0.25, 0.3) is 0 Å². The van der Waals surface area contributed by atoms with Gasteiger partial charge in [-0.15, -0.1) is 0 Å². The molecule has 2 aromatic rings. The van der Waals surface area contributed by atoms with Crippen LogP contribution in [0, 0.1) is 0 Å². The van der Waals surface area contributed by atoms with Gasteiger partial charge < -0.3 is 10.1 Å². The summed E-state index contributed by atoms with van der Waals surface area (Å²) in [4.78, 5) is 0. The lowest BCUT2D eigenvalue weighted by Gasteiger charge is -2.10. The highest BCUT2D eigenvalue weighted by molar-refractivity contribution is 9.10. The molecule has 0 bridgehead atoms. The van der Waals surface area contributed by atoms with Crippen molar-refractivity contribution in [3.05, 3.63) is 63.6 Å². The van der Waals surface area contributed by atoms with Crippen molar-refractivity contribution in [2.75, 3.05) is 7.05 Å². The Morgan fingerprint density at radius 1 is 1.00 bits per heavy atom. The van der Waals surface area contributed by atoms with E-state index in [1.165, 1.54) is 16.7 Å². The minimum atomic E-state index is 0.591. The van der Waals surface area contributed by atoms with E-state index in [1.807, 2.05) is 13.1 Å². The van der Waals surface area contributed by atoms with Crippen molar-refractivity contribution in [3.63, 3.8) is 0 Å². The molecule has 2 aromatic carbocycles. The first kappa shape index (κ1) is 15.1. The molecule has 0 atom stereocenters. The lowest BCUT2D eigenvalue weighted by Crippen LogP contribution is -2.05. The topological polar surface area (TPSA) is 21.3 Å². The van der Waals surface area contributed by atoms with Crippen LogP contribution < -0.4 is 10.1 Å². The summed E-state index contributed by atoms with van der Waals surface area (Å²) in [6, 6.07) is 14.7. The second-order valence-electron chi connectivity index (χ2n) is 4.75. The Morgan fingerprint density at radius 3 is 2.25 bits per heavy atom. The highest BCUT2D eigenvalue weighted by atomic mass is 79.9. The zero-order chi connectivity index (χ0) is 14.4. The predicted octanol–water partition coefficient (Wildman–Crippen LogP) is 4.31. The molecular weight excluding hydrogens is 314 g/mol. The Labute approximate surface area is 129 Å². The molecule has 0 amide bonds. The summed E-state index contributed by atoms with van der Waals surface area (Å²) in [5, 5.41) is 3.14. The number of ether oxygens (including phenoxy) is 1. The molecule has 2 nitrogen and oxygen atoms in total. The summed E-state index contributed by atoms with van der Waals surface area (Å²) in [5.41, 5.74) is 3.78. The van der Waals surface area contributed by atoms with Crippen LogP contribution in [0.3, 0.4) is 0 Å². The number of hydrogen-bond donors (Lipinski definition) is 1. The first-order valence-electron chi connectivity index (χ1n) is 6.86. The van der Waals surface area contributed by atoms with E-state index in [2.05, 4.69) is 64.6 Å². The third-order valence-corrected chi connectivity index (χ3v) is 3.82. The Kier molecular flexibility index (Phi) is 5.62. The normalized spacial score (nSPS) is 10.6. The molecule has 0 saturated heterocycles. The van der Waals surface area contributed by atoms with Crippen molar-refractivity contribution in [2.24, 2.45) is 0 Å². The van der Waals surface area contributed by atoms with Crippen molar-refractivity contribution >= 4 is 15.9 Å². The monoisotopic (exact) mass is 333 g/mol. The fourth-order valence-corrected chi connectivity index (χ4v) is 2.55. The SMILES string of the molecule is CCc1ccc(COc2ccc(CNC)cc2Br)cc1. The highest BCUT2D eigenvalue weighted by Gasteiger charge is 2.03. The maximum atomic E-state index is 5.86. The van der Waals surface area contributed by atoms with E-state index in [9.17, 15) is 0 Å². The van der Waals surface area contributed by atoms with Crippen molar-refractivity contribution < 1.29 is 4.74 Å². The zero-order valence-corrected chi connectivity index (χ0v) is 13.5. The fraction of sp³-hybridized carbons (Fsp3) is 0.294. The maximum absolute atomic E-state index is 5.86. The molecular formula is C17H20BrNO. The first-order valence-corrected chi connectivity index (χ1v) is 7.66. The minimum absolute atomic E-state index is 0.591. The van der Waals surface area contributed by atoms with E-state index < -0.39 is 0 Å². The van der Waals surface area contributed by atoms with E-state index in [1.54, 1.807) is 0 Å². The molecule has 2 rings (SSSR count). The number of hydrogen-bond acceptors (Lipinski definition) is 2. The van der Waals surface area contributed by atoms with Gasteiger partial charge in [-0.25, -0.2) is 0 Å². The molecule has 0 heterocycles. The van der Waals surface area contributed by atoms with E-state index >= 15 is 0 Å². The van der Waals surface area contributed by atoms with Crippen LogP contribution in [-0.2, 0) is 19.6 Å². The quantitative estimate of drug-likeness (QED) is 0.850. The molecule has 0 aromatic heterocycles. The lowest BCUT2D eigenvalue weighted by molar-refractivity contribution is 0.304. The summed E-state index contributed by atoms with van der Waals surface area (Å²) in [5.74, 6) is 0.879. The third-order valence-electron chi connectivity index (χ3n) is 3.20. The van der Waals surface area contributed by atoms with Crippen LogP contribution in [0.25, 0.3) is 0 Å². The van der Waals surface area contributed by atoms with Crippen LogP contribution in [0.2, 0.25) is 0 Å². The van der Waals surface area contributed by atoms with E-state index in [4.69, 9.17) is 4.74 Å². The van der Waals surface area contributed by atoms with Crippen molar-refractivity contribution in [1.82, 2.24) is 5.32 Å². The molecule has 1 N–H and O–H groups in total. The second-order valence-corrected chi connectivity index (χ2v) is 5.61. The number of halogens is 1. The molecule has 0 fully saturated rings. The Morgan fingerprint density at radius 2 is 1.65 bits per heavy atom. The van der Waals surface area contributed by atoms with Crippen molar-refractivity contribution in [1.29, 1.82) is 0 Å².